The van der Waals surface area contributed by atoms with Crippen molar-refractivity contribution in [3.8, 4) is 0 Å². The van der Waals surface area contributed by atoms with Crippen LogP contribution in [0.25, 0.3) is 0 Å². The number of aliphatic imine (C=N–C) groups is 2. The van der Waals surface area contributed by atoms with E-state index in [-0.39, 0.29) is 6.04 Å². The van der Waals surface area contributed by atoms with E-state index >= 15 is 0 Å². The molecular formula is C7H10N2OS. The summed E-state index contributed by atoms with van der Waals surface area (Å²) in [4.78, 5) is 16.9. The Kier molecular flexibility index (Phi) is 6.75. The van der Waals surface area contributed by atoms with E-state index in [0.717, 1.165) is 12.8 Å². The van der Waals surface area contributed by atoms with Gasteiger partial charge in [0.1, 0.15) is 0 Å². The first-order valence-electron chi connectivity index (χ1n) is 3.42. The normalized spacial score (nSPS) is 11.0. The van der Waals surface area contributed by atoms with E-state index < -0.39 is 0 Å². The van der Waals surface area contributed by atoms with Crippen LogP contribution in [0.15, 0.2) is 9.98 Å². The first-order chi connectivity index (χ1) is 5.31. The first-order valence-corrected chi connectivity index (χ1v) is 3.82. The molecule has 0 bridgehead atoms. The molecule has 0 aromatic rings. The first kappa shape index (κ1) is 10.2. The molecule has 0 radical (unpaired) electrons. The number of rotatable bonds is 5. The molecule has 0 spiro atoms. The molecule has 0 saturated heterocycles. The standard InChI is InChI=1S/C7H10N2OS/c1-7(9-6-11)3-2-4-8-5-10/h7H,2-4H2,1H3. The third-order valence-electron chi connectivity index (χ3n) is 1.23. The van der Waals surface area contributed by atoms with Gasteiger partial charge in [-0.25, -0.2) is 14.8 Å². The number of carbonyl (C=O) groups excluding carboxylic acids is 1. The van der Waals surface area contributed by atoms with Gasteiger partial charge in [0.2, 0.25) is 6.08 Å². The predicted molar refractivity (Wildman–Crippen MR) is 46.7 cm³/mol. The fraction of sp³-hybridized carbons (Fsp3) is 0.714. The van der Waals surface area contributed by atoms with E-state index in [0.29, 0.717) is 6.54 Å². The summed E-state index contributed by atoms with van der Waals surface area (Å²) in [6, 6.07) is 0.189. The summed E-state index contributed by atoms with van der Waals surface area (Å²) in [6.45, 7) is 2.48. The highest BCUT2D eigenvalue weighted by Gasteiger charge is 1.95. The monoisotopic (exact) mass is 170 g/mol. The molecule has 0 amide bonds. The third-order valence-corrected chi connectivity index (χ3v) is 1.33. The van der Waals surface area contributed by atoms with E-state index in [1.54, 1.807) is 0 Å². The lowest BCUT2D eigenvalue weighted by molar-refractivity contribution is 0.560. The van der Waals surface area contributed by atoms with Crippen LogP contribution in [-0.2, 0) is 4.79 Å². The van der Waals surface area contributed by atoms with Crippen LogP contribution in [0.4, 0.5) is 0 Å². The molecule has 0 heterocycles. The van der Waals surface area contributed by atoms with Crippen molar-refractivity contribution in [1.29, 1.82) is 0 Å². The number of hydrogen-bond acceptors (Lipinski definition) is 4. The Morgan fingerprint density at radius 2 is 2.36 bits per heavy atom. The van der Waals surface area contributed by atoms with Crippen LogP contribution in [0, 0.1) is 0 Å². The van der Waals surface area contributed by atoms with Gasteiger partial charge in [0.15, 0.2) is 0 Å². The summed E-state index contributed by atoms with van der Waals surface area (Å²) in [5.41, 5.74) is 0. The topological polar surface area (TPSA) is 41.8 Å². The Balaban J connectivity index is 3.37. The van der Waals surface area contributed by atoms with Gasteiger partial charge in [0, 0.05) is 0 Å². The third kappa shape index (κ3) is 7.07. The molecule has 1 unspecified atom stereocenters. The molecule has 0 aliphatic rings. The molecule has 4 heteroatoms. The van der Waals surface area contributed by atoms with Crippen molar-refractivity contribution in [1.82, 2.24) is 0 Å². The Labute approximate surface area is 71.2 Å². The second-order valence-electron chi connectivity index (χ2n) is 2.18. The minimum absolute atomic E-state index is 0.189. The maximum Gasteiger partial charge on any atom is 0.234 e. The average molecular weight is 170 g/mol. The van der Waals surface area contributed by atoms with Crippen LogP contribution >= 0.6 is 12.2 Å². The van der Waals surface area contributed by atoms with Gasteiger partial charge < -0.3 is 0 Å². The highest BCUT2D eigenvalue weighted by atomic mass is 32.1. The fourth-order valence-electron chi connectivity index (χ4n) is 0.666. The summed E-state index contributed by atoms with van der Waals surface area (Å²) >= 11 is 4.43. The Hall–Kier alpha value is -0.820. The summed E-state index contributed by atoms with van der Waals surface area (Å²) in [5, 5.41) is 2.31. The summed E-state index contributed by atoms with van der Waals surface area (Å²) in [7, 11) is 0. The van der Waals surface area contributed by atoms with Crippen molar-refractivity contribution in [3.63, 3.8) is 0 Å². The molecule has 0 N–H and O–H groups in total. The highest BCUT2D eigenvalue weighted by Crippen LogP contribution is 1.99. The molecule has 0 aliphatic carbocycles. The van der Waals surface area contributed by atoms with Gasteiger partial charge in [-0.1, -0.05) is 0 Å². The summed E-state index contributed by atoms with van der Waals surface area (Å²) in [5.74, 6) is 0. The fourth-order valence-corrected chi connectivity index (χ4v) is 0.846. The molecule has 0 saturated carbocycles. The van der Waals surface area contributed by atoms with Crippen LogP contribution in [-0.4, -0.2) is 23.8 Å². The number of isocyanates is 1. The minimum Gasteiger partial charge on any atom is -0.229 e. The zero-order valence-corrected chi connectivity index (χ0v) is 7.23. The van der Waals surface area contributed by atoms with Crippen molar-refractivity contribution in [2.45, 2.75) is 25.8 Å². The number of hydrogen-bond donors (Lipinski definition) is 0. The van der Waals surface area contributed by atoms with Crippen molar-refractivity contribution >= 4 is 23.5 Å². The molecule has 3 nitrogen and oxygen atoms in total. The lowest BCUT2D eigenvalue weighted by Crippen LogP contribution is -1.97. The molecule has 11 heavy (non-hydrogen) atoms. The second kappa shape index (κ2) is 7.29. The van der Waals surface area contributed by atoms with Crippen LogP contribution in [0.1, 0.15) is 19.8 Å². The molecule has 1 atom stereocenters. The molecule has 60 valence electrons. The maximum atomic E-state index is 9.63. The van der Waals surface area contributed by atoms with Gasteiger partial charge in [-0.2, -0.15) is 0 Å². The Morgan fingerprint density at radius 1 is 1.64 bits per heavy atom. The molecule has 0 aliphatic heterocycles. The zero-order chi connectivity index (χ0) is 8.53. The van der Waals surface area contributed by atoms with Crippen LogP contribution in [0.3, 0.4) is 0 Å². The molecule has 0 aromatic carbocycles. The molecular weight excluding hydrogens is 160 g/mol. The second-order valence-corrected chi connectivity index (χ2v) is 2.37. The van der Waals surface area contributed by atoms with E-state index in [1.807, 2.05) is 6.92 Å². The van der Waals surface area contributed by atoms with Crippen LogP contribution in [0.2, 0.25) is 0 Å². The van der Waals surface area contributed by atoms with E-state index in [9.17, 15) is 4.79 Å². The van der Waals surface area contributed by atoms with Gasteiger partial charge in [-0.05, 0) is 32.0 Å². The van der Waals surface area contributed by atoms with Gasteiger partial charge in [-0.15, -0.1) is 0 Å². The smallest absolute Gasteiger partial charge is 0.229 e. The van der Waals surface area contributed by atoms with E-state index in [1.165, 1.54) is 6.08 Å². The average Bonchev–Trinajstić information content (AvgIpc) is 1.99. The minimum atomic E-state index is 0.189. The van der Waals surface area contributed by atoms with E-state index in [4.69, 9.17) is 0 Å². The van der Waals surface area contributed by atoms with Gasteiger partial charge >= 0.3 is 0 Å². The molecule has 0 fully saturated rings. The van der Waals surface area contributed by atoms with Crippen molar-refractivity contribution in [2.24, 2.45) is 9.98 Å². The number of nitrogens with zero attached hydrogens (tertiary/aromatic N) is 2. The number of thiocarbonyl (C=S) groups is 1. The molecule has 0 aromatic heterocycles. The summed E-state index contributed by atoms with van der Waals surface area (Å²) < 4.78 is 0. The number of isothiocyanates is 1. The van der Waals surface area contributed by atoms with Gasteiger partial charge in [-0.3, -0.25) is 0 Å². The highest BCUT2D eigenvalue weighted by molar-refractivity contribution is 7.78. The van der Waals surface area contributed by atoms with E-state index in [2.05, 4.69) is 27.4 Å². The largest absolute Gasteiger partial charge is 0.234 e. The molecule has 0 rings (SSSR count). The SMILES string of the molecule is CC(CCCN=C=O)N=C=S. The lowest BCUT2D eigenvalue weighted by atomic mass is 10.2. The Bertz CT molecular complexity index is 193. The van der Waals surface area contributed by atoms with Crippen molar-refractivity contribution in [3.05, 3.63) is 0 Å². The van der Waals surface area contributed by atoms with Gasteiger partial charge in [0.25, 0.3) is 0 Å². The quantitative estimate of drug-likeness (QED) is 0.272. The maximum absolute atomic E-state index is 9.63. The lowest BCUT2D eigenvalue weighted by Gasteiger charge is -1.99. The van der Waals surface area contributed by atoms with Crippen molar-refractivity contribution in [2.75, 3.05) is 6.54 Å². The van der Waals surface area contributed by atoms with Gasteiger partial charge in [0.05, 0.1) is 17.7 Å². The Morgan fingerprint density at radius 3 is 2.91 bits per heavy atom. The van der Waals surface area contributed by atoms with Crippen LogP contribution in [0.5, 0.6) is 0 Å². The summed E-state index contributed by atoms with van der Waals surface area (Å²) in [6.07, 6.45) is 3.21. The zero-order valence-electron chi connectivity index (χ0n) is 6.41. The van der Waals surface area contributed by atoms with Crippen molar-refractivity contribution < 1.29 is 4.79 Å². The predicted octanol–water partition coefficient (Wildman–Crippen LogP) is 1.59. The van der Waals surface area contributed by atoms with Crippen LogP contribution < -0.4 is 0 Å².